The van der Waals surface area contributed by atoms with Crippen LogP contribution in [-0.4, -0.2) is 66.9 Å². The number of hydrogen-bond acceptors (Lipinski definition) is 7. The minimum atomic E-state index is -1.27. The molecule has 5 aromatic carbocycles. The zero-order valence-corrected chi connectivity index (χ0v) is 32.8. The van der Waals surface area contributed by atoms with Gasteiger partial charge in [-0.15, -0.1) is 0 Å². The number of carboxylic acid groups (broad SMARTS) is 1. The van der Waals surface area contributed by atoms with E-state index in [9.17, 15) is 24.3 Å². The average molecular weight is 812 g/mol. The lowest BCUT2D eigenvalue weighted by Crippen LogP contribution is -2.51. The average Bonchev–Trinajstić information content (AvgIpc) is 4.08. The highest BCUT2D eigenvalue weighted by molar-refractivity contribution is 5.97. The fourth-order valence-electron chi connectivity index (χ4n) is 7.64. The number of nitrogens with one attached hydrogen (secondary N) is 4. The van der Waals surface area contributed by atoms with Crippen molar-refractivity contribution >= 4 is 34.6 Å². The number of amides is 3. The van der Waals surface area contributed by atoms with Crippen LogP contribution in [0.5, 0.6) is 0 Å². The van der Waals surface area contributed by atoms with Crippen LogP contribution in [0.2, 0.25) is 0 Å². The largest absolute Gasteiger partial charge is 0.480 e. The van der Waals surface area contributed by atoms with Gasteiger partial charge in [-0.25, -0.2) is 14.8 Å². The van der Waals surface area contributed by atoms with Crippen molar-refractivity contribution < 1.29 is 28.7 Å². The minimum Gasteiger partial charge on any atom is -0.480 e. The van der Waals surface area contributed by atoms with Crippen LogP contribution in [0.1, 0.15) is 38.4 Å². The molecule has 61 heavy (non-hydrogen) atoms. The van der Waals surface area contributed by atoms with Crippen LogP contribution in [0.3, 0.4) is 0 Å². The topological polar surface area (TPSA) is 184 Å². The van der Waals surface area contributed by atoms with Crippen molar-refractivity contribution in [2.24, 2.45) is 0 Å². The van der Waals surface area contributed by atoms with Gasteiger partial charge in [-0.2, -0.15) is 0 Å². The molecule has 3 amide bonds. The van der Waals surface area contributed by atoms with E-state index in [0.717, 1.165) is 27.6 Å². The van der Waals surface area contributed by atoms with Crippen molar-refractivity contribution in [3.63, 3.8) is 0 Å². The molecular weight excluding hydrogens is 771 g/mol. The van der Waals surface area contributed by atoms with E-state index in [1.54, 1.807) is 24.7 Å². The summed E-state index contributed by atoms with van der Waals surface area (Å²) in [4.78, 5) is 65.5. The Labute approximate surface area is 350 Å². The number of rotatable bonds is 16. The summed E-state index contributed by atoms with van der Waals surface area (Å²) < 4.78 is 7.60. The van der Waals surface area contributed by atoms with E-state index >= 15 is 0 Å². The number of nitrogens with zero attached hydrogens (tertiary/aromatic N) is 3. The zero-order chi connectivity index (χ0) is 42.2. The zero-order valence-electron chi connectivity index (χ0n) is 32.8. The van der Waals surface area contributed by atoms with E-state index < -0.39 is 47.9 Å². The van der Waals surface area contributed by atoms with Crippen LogP contribution in [0.4, 0.5) is 0 Å². The van der Waals surface area contributed by atoms with Gasteiger partial charge < -0.3 is 35.0 Å². The number of aliphatic carboxylic acids is 1. The van der Waals surface area contributed by atoms with Crippen LogP contribution < -0.4 is 16.0 Å². The third-order valence-corrected chi connectivity index (χ3v) is 10.5. The lowest BCUT2D eigenvalue weighted by molar-refractivity contribution is -0.141. The van der Waals surface area contributed by atoms with Crippen molar-refractivity contribution in [2.75, 3.05) is 6.54 Å². The minimum absolute atomic E-state index is 0.0134. The number of imidazole rings is 1. The molecule has 8 aromatic rings. The summed E-state index contributed by atoms with van der Waals surface area (Å²) in [5.41, 5.74) is 4.65. The first-order chi connectivity index (χ1) is 29.8. The third-order valence-electron chi connectivity index (χ3n) is 10.5. The molecule has 2 atom stereocenters. The number of benzene rings is 5. The normalized spacial score (nSPS) is 12.3. The second kappa shape index (κ2) is 17.8. The molecule has 304 valence electrons. The molecule has 0 unspecified atom stereocenters. The summed E-state index contributed by atoms with van der Waals surface area (Å²) in [6.45, 7) is -0.557. The van der Waals surface area contributed by atoms with Gasteiger partial charge in [0.25, 0.3) is 5.91 Å². The molecule has 5 N–H and O–H groups in total. The van der Waals surface area contributed by atoms with Crippen molar-refractivity contribution in [3.8, 4) is 11.5 Å². The highest BCUT2D eigenvalue weighted by Gasteiger charge is 2.39. The van der Waals surface area contributed by atoms with Crippen molar-refractivity contribution in [3.05, 3.63) is 204 Å². The summed E-state index contributed by atoms with van der Waals surface area (Å²) >= 11 is 0. The Morgan fingerprint density at radius 2 is 1.31 bits per heavy atom. The number of hydrogen-bond donors (Lipinski definition) is 5. The number of fused-ring (bicyclic) bond motifs is 1. The Kier molecular flexibility index (Phi) is 11.6. The summed E-state index contributed by atoms with van der Waals surface area (Å²) in [6.07, 6.45) is 6.41. The highest BCUT2D eigenvalue weighted by atomic mass is 16.4. The number of carboxylic acids is 1. The predicted molar refractivity (Wildman–Crippen MR) is 228 cm³/mol. The Hall–Kier alpha value is -8.06. The molecule has 8 rings (SSSR count). The van der Waals surface area contributed by atoms with Gasteiger partial charge in [0, 0.05) is 41.7 Å². The first-order valence-electron chi connectivity index (χ1n) is 19.7. The van der Waals surface area contributed by atoms with Crippen LogP contribution in [0, 0.1) is 0 Å². The molecule has 0 bridgehead atoms. The van der Waals surface area contributed by atoms with Crippen molar-refractivity contribution in [1.29, 1.82) is 0 Å². The van der Waals surface area contributed by atoms with E-state index in [1.807, 2.05) is 108 Å². The molecule has 0 saturated carbocycles. The first kappa shape index (κ1) is 39.8. The maximum absolute atomic E-state index is 14.0. The maximum Gasteiger partial charge on any atom is 0.326 e. The van der Waals surface area contributed by atoms with Crippen LogP contribution in [0.15, 0.2) is 175 Å². The van der Waals surface area contributed by atoms with Gasteiger partial charge >= 0.3 is 5.97 Å². The van der Waals surface area contributed by atoms with Gasteiger partial charge in [-0.05, 0) is 40.5 Å². The van der Waals surface area contributed by atoms with E-state index in [-0.39, 0.29) is 24.4 Å². The molecule has 3 heterocycles. The van der Waals surface area contributed by atoms with Crippen molar-refractivity contribution in [1.82, 2.24) is 35.5 Å². The Morgan fingerprint density at radius 1 is 0.721 bits per heavy atom. The van der Waals surface area contributed by atoms with E-state index in [0.29, 0.717) is 16.8 Å². The van der Waals surface area contributed by atoms with Crippen LogP contribution in [0.25, 0.3) is 22.4 Å². The molecule has 0 spiro atoms. The number of H-pyrrole nitrogens is 1. The number of oxazole rings is 1. The summed E-state index contributed by atoms with van der Waals surface area (Å²) in [5, 5.41) is 18.7. The first-order valence-corrected chi connectivity index (χ1v) is 19.7. The smallest absolute Gasteiger partial charge is 0.326 e. The number of aromatic nitrogens is 4. The molecule has 13 heteroatoms. The molecule has 13 nitrogen and oxygen atoms in total. The molecule has 0 aliphatic rings. The molecule has 0 radical (unpaired) electrons. The third kappa shape index (κ3) is 8.57. The number of carbonyl (C=O) groups excluding carboxylic acids is 3. The lowest BCUT2D eigenvalue weighted by atomic mass is 9.77. The second-order valence-corrected chi connectivity index (χ2v) is 14.5. The van der Waals surface area contributed by atoms with Crippen molar-refractivity contribution in [2.45, 2.75) is 30.5 Å². The molecule has 0 aliphatic carbocycles. The molecule has 0 saturated heterocycles. The Morgan fingerprint density at radius 3 is 1.93 bits per heavy atom. The van der Waals surface area contributed by atoms with Crippen LogP contribution in [-0.2, 0) is 32.8 Å². The SMILES string of the molecule is O=C(CNC(=O)[C@H](Cc1cn(C(c2ccccc2)(c2ccccc2)c2ccccc2)cn1)NC(=O)c1coc(-c2ccccc2)n1)N[C@@H](Cc1c[nH]c2ccccc12)C(=O)O. The Balaban J connectivity index is 1.06. The number of carbonyl (C=O) groups is 4. The van der Waals surface area contributed by atoms with Gasteiger partial charge in [0.2, 0.25) is 17.7 Å². The predicted octanol–water partition coefficient (Wildman–Crippen LogP) is 6.13. The summed E-state index contributed by atoms with van der Waals surface area (Å²) in [6, 6.07) is 44.1. The van der Waals surface area contributed by atoms with Gasteiger partial charge in [0.15, 0.2) is 5.69 Å². The number of para-hydroxylation sites is 1. The molecular formula is C48H41N7O6. The molecule has 0 aliphatic heterocycles. The quantitative estimate of drug-likeness (QED) is 0.0722. The van der Waals surface area contributed by atoms with Gasteiger partial charge in [0.05, 0.1) is 18.6 Å². The van der Waals surface area contributed by atoms with Gasteiger partial charge in [-0.3, -0.25) is 14.4 Å². The summed E-state index contributed by atoms with van der Waals surface area (Å²) in [7, 11) is 0. The number of aromatic amines is 1. The van der Waals surface area contributed by atoms with E-state index in [2.05, 4.69) is 62.3 Å². The van der Waals surface area contributed by atoms with E-state index in [1.165, 1.54) is 6.26 Å². The summed E-state index contributed by atoms with van der Waals surface area (Å²) in [5.74, 6) is -3.12. The highest BCUT2D eigenvalue weighted by Crippen LogP contribution is 2.40. The monoisotopic (exact) mass is 811 g/mol. The van der Waals surface area contributed by atoms with Gasteiger partial charge in [-0.1, -0.05) is 127 Å². The van der Waals surface area contributed by atoms with Gasteiger partial charge in [0.1, 0.15) is 23.9 Å². The maximum atomic E-state index is 14.0. The van der Waals surface area contributed by atoms with Crippen LogP contribution >= 0.6 is 0 Å². The Bertz CT molecular complexity index is 2670. The van der Waals surface area contributed by atoms with E-state index in [4.69, 9.17) is 9.40 Å². The molecule has 3 aromatic heterocycles. The molecule has 0 fully saturated rings. The second-order valence-electron chi connectivity index (χ2n) is 14.5. The fraction of sp³-hybridized carbons (Fsp3) is 0.125. The lowest BCUT2D eigenvalue weighted by Gasteiger charge is -2.37. The standard InChI is InChI=1S/C48H41N7O6/c56-43(52-41(47(59)60)25-33-27-49-39-24-14-13-23-38(33)39)28-50-44(57)40(53-45(58)42-30-61-46(54-42)32-15-5-1-6-16-32)26-37-29-55(31-51-37)48(34-17-7-2-8-18-34,35-19-9-3-10-20-35)36-21-11-4-12-22-36/h1-24,27,29-31,40-41,49H,25-26,28H2,(H,50,57)(H,52,56)(H,53,58)(H,59,60)/t40-,41-/m0/s1. The fourth-order valence-corrected chi connectivity index (χ4v) is 7.64.